The summed E-state index contributed by atoms with van der Waals surface area (Å²) < 4.78 is 9.47. The number of imidazole rings is 1. The van der Waals surface area contributed by atoms with Crippen LogP contribution >= 0.6 is 11.6 Å². The van der Waals surface area contributed by atoms with E-state index in [-0.39, 0.29) is 17.7 Å². The second-order valence-corrected chi connectivity index (χ2v) is 8.21. The molecule has 0 amide bonds. The minimum atomic E-state index is -0.978. The third kappa shape index (κ3) is 5.09. The number of nitrogens with zero attached hydrogens (tertiary/aromatic N) is 3. The van der Waals surface area contributed by atoms with Gasteiger partial charge in [-0.15, -0.1) is 0 Å². The molecule has 7 nitrogen and oxygen atoms in total. The van der Waals surface area contributed by atoms with Crippen molar-refractivity contribution in [3.63, 3.8) is 0 Å². The highest BCUT2D eigenvalue weighted by molar-refractivity contribution is 6.30. The molecule has 0 bridgehead atoms. The van der Waals surface area contributed by atoms with E-state index < -0.39 is 5.97 Å². The van der Waals surface area contributed by atoms with Gasteiger partial charge in [-0.2, -0.15) is 0 Å². The highest BCUT2D eigenvalue weighted by Crippen LogP contribution is 2.23. The molecule has 0 aliphatic carbocycles. The summed E-state index contributed by atoms with van der Waals surface area (Å²) in [5.74, 6) is -0.0348. The second kappa shape index (κ2) is 9.92. The molecule has 170 valence electrons. The zero-order valence-corrected chi connectivity index (χ0v) is 19.0. The minimum Gasteiger partial charge on any atom is -0.478 e. The van der Waals surface area contributed by atoms with E-state index in [1.807, 2.05) is 16.7 Å². The Hall–Kier alpha value is -3.58. The number of rotatable bonds is 9. The molecule has 33 heavy (non-hydrogen) atoms. The molecule has 2 aromatic carbocycles. The molecular formula is C25H24ClN3O4. The van der Waals surface area contributed by atoms with E-state index in [1.165, 1.54) is 22.6 Å². The fourth-order valence-corrected chi connectivity index (χ4v) is 3.71. The van der Waals surface area contributed by atoms with Crippen LogP contribution in [-0.2, 0) is 13.2 Å². The normalized spacial score (nSPS) is 11.1. The van der Waals surface area contributed by atoms with Crippen LogP contribution in [0, 0.1) is 0 Å². The summed E-state index contributed by atoms with van der Waals surface area (Å²) in [6.45, 7) is 2.99. The van der Waals surface area contributed by atoms with Gasteiger partial charge in [-0.05, 0) is 36.2 Å². The van der Waals surface area contributed by atoms with Crippen molar-refractivity contribution < 1.29 is 14.6 Å². The average molecular weight is 466 g/mol. The zero-order valence-electron chi connectivity index (χ0n) is 18.2. The summed E-state index contributed by atoms with van der Waals surface area (Å²) in [5.41, 5.74) is 2.32. The first-order chi connectivity index (χ1) is 16.0. The quantitative estimate of drug-likeness (QED) is 0.340. The van der Waals surface area contributed by atoms with Crippen LogP contribution < -0.4 is 10.3 Å². The summed E-state index contributed by atoms with van der Waals surface area (Å²) in [7, 11) is 0. The van der Waals surface area contributed by atoms with Crippen molar-refractivity contribution >= 4 is 23.3 Å². The number of aromatic carboxylic acids is 1. The van der Waals surface area contributed by atoms with E-state index in [4.69, 9.17) is 26.4 Å². The molecule has 2 aromatic heterocycles. The second-order valence-electron chi connectivity index (χ2n) is 7.77. The van der Waals surface area contributed by atoms with E-state index in [2.05, 4.69) is 6.92 Å². The Balaban J connectivity index is 1.69. The van der Waals surface area contributed by atoms with Crippen LogP contribution in [0.4, 0.5) is 0 Å². The fourth-order valence-electron chi connectivity index (χ4n) is 3.58. The summed E-state index contributed by atoms with van der Waals surface area (Å²) in [5, 5.41) is 9.70. The van der Waals surface area contributed by atoms with E-state index in [0.29, 0.717) is 28.9 Å². The van der Waals surface area contributed by atoms with E-state index >= 15 is 0 Å². The molecule has 1 N–H and O–H groups in total. The maximum Gasteiger partial charge on any atom is 0.335 e. The van der Waals surface area contributed by atoms with Crippen molar-refractivity contribution in [2.45, 2.75) is 39.3 Å². The lowest BCUT2D eigenvalue weighted by Gasteiger charge is -2.15. The number of hydrogen-bond acceptors (Lipinski definition) is 4. The van der Waals surface area contributed by atoms with Crippen LogP contribution in [0.1, 0.15) is 42.1 Å². The van der Waals surface area contributed by atoms with Gasteiger partial charge < -0.3 is 9.84 Å². The maximum absolute atomic E-state index is 12.9. The molecule has 0 aliphatic heterocycles. The van der Waals surface area contributed by atoms with Gasteiger partial charge in [0.15, 0.2) is 0 Å². The van der Waals surface area contributed by atoms with Crippen LogP contribution in [0.3, 0.4) is 0 Å². The Morgan fingerprint density at radius 1 is 1.09 bits per heavy atom. The molecule has 0 saturated carbocycles. The smallest absolute Gasteiger partial charge is 0.335 e. The molecule has 4 aromatic rings. The Morgan fingerprint density at radius 2 is 1.82 bits per heavy atom. The SMILES string of the molecule is CCCCCn1c(OCc2ccc(C(=O)O)cc2)cc(=O)n2cc(-c3ccc(Cl)cc3)nc12. The first-order valence-corrected chi connectivity index (χ1v) is 11.2. The average Bonchev–Trinajstić information content (AvgIpc) is 3.26. The van der Waals surface area contributed by atoms with E-state index in [1.54, 1.807) is 30.5 Å². The van der Waals surface area contributed by atoms with Gasteiger partial charge in [0, 0.05) is 23.3 Å². The van der Waals surface area contributed by atoms with Crippen LogP contribution in [-0.4, -0.2) is 25.0 Å². The van der Waals surface area contributed by atoms with Crippen molar-refractivity contribution in [2.75, 3.05) is 0 Å². The molecule has 0 spiro atoms. The molecule has 0 unspecified atom stereocenters. The lowest BCUT2D eigenvalue weighted by Crippen LogP contribution is -2.19. The molecule has 4 rings (SSSR count). The van der Waals surface area contributed by atoms with Crippen molar-refractivity contribution in [2.24, 2.45) is 0 Å². The van der Waals surface area contributed by atoms with Crippen LogP contribution in [0.15, 0.2) is 65.6 Å². The predicted octanol–water partition coefficient (Wildman–Crippen LogP) is 5.28. The number of benzene rings is 2. The molecule has 0 radical (unpaired) electrons. The van der Waals surface area contributed by atoms with Crippen LogP contribution in [0.2, 0.25) is 5.02 Å². The molecule has 0 atom stereocenters. The first kappa shape index (κ1) is 22.6. The van der Waals surface area contributed by atoms with E-state index in [0.717, 1.165) is 30.4 Å². The molecule has 0 saturated heterocycles. The van der Waals surface area contributed by atoms with E-state index in [9.17, 15) is 9.59 Å². The molecule has 2 heterocycles. The summed E-state index contributed by atoms with van der Waals surface area (Å²) in [6.07, 6.45) is 4.75. The molecule has 0 fully saturated rings. The van der Waals surface area contributed by atoms with Gasteiger partial charge in [0.1, 0.15) is 6.61 Å². The number of hydrogen-bond donors (Lipinski definition) is 1. The van der Waals surface area contributed by atoms with Gasteiger partial charge in [0.05, 0.1) is 17.3 Å². The zero-order chi connectivity index (χ0) is 23.4. The highest BCUT2D eigenvalue weighted by Gasteiger charge is 2.15. The topological polar surface area (TPSA) is 85.8 Å². The summed E-state index contributed by atoms with van der Waals surface area (Å²) in [6, 6.07) is 15.3. The maximum atomic E-state index is 12.9. The summed E-state index contributed by atoms with van der Waals surface area (Å²) in [4.78, 5) is 28.7. The largest absolute Gasteiger partial charge is 0.478 e. The molecule has 8 heteroatoms. The monoisotopic (exact) mass is 465 g/mol. The number of carboxylic acid groups (broad SMARTS) is 1. The molecular weight excluding hydrogens is 442 g/mol. The number of carbonyl (C=O) groups is 1. The van der Waals surface area contributed by atoms with Gasteiger partial charge >= 0.3 is 5.97 Å². The lowest BCUT2D eigenvalue weighted by atomic mass is 10.1. The lowest BCUT2D eigenvalue weighted by molar-refractivity contribution is 0.0697. The van der Waals surface area contributed by atoms with Gasteiger partial charge in [0.25, 0.3) is 5.56 Å². The minimum absolute atomic E-state index is 0.202. The number of unbranched alkanes of at least 4 members (excludes halogenated alkanes) is 2. The first-order valence-electron chi connectivity index (χ1n) is 10.8. The number of aromatic nitrogens is 3. The Morgan fingerprint density at radius 3 is 2.48 bits per heavy atom. The number of carboxylic acids is 1. The number of aryl methyl sites for hydroxylation is 1. The Labute approximate surface area is 195 Å². The number of halogens is 1. The standard InChI is InChI=1S/C25H24ClN3O4/c1-2-3-4-13-28-23(33-16-17-5-7-19(8-6-17)24(31)32)14-22(30)29-15-21(27-25(28)29)18-9-11-20(26)12-10-18/h5-12,14-15H,2-4,13,16H2,1H3,(H,31,32). The third-order valence-corrected chi connectivity index (χ3v) is 5.64. The van der Waals surface area contributed by atoms with Crippen molar-refractivity contribution in [3.8, 4) is 17.1 Å². The Bertz CT molecular complexity index is 1330. The van der Waals surface area contributed by atoms with Crippen molar-refractivity contribution in [3.05, 3.63) is 87.3 Å². The predicted molar refractivity (Wildman–Crippen MR) is 127 cm³/mol. The van der Waals surface area contributed by atoms with Gasteiger partial charge in [0.2, 0.25) is 11.7 Å². The van der Waals surface area contributed by atoms with Crippen LogP contribution in [0.5, 0.6) is 5.88 Å². The molecule has 0 aliphatic rings. The highest BCUT2D eigenvalue weighted by atomic mass is 35.5. The number of fused-ring (bicyclic) bond motifs is 1. The van der Waals surface area contributed by atoms with Crippen molar-refractivity contribution in [1.29, 1.82) is 0 Å². The van der Waals surface area contributed by atoms with Gasteiger partial charge in [-0.25, -0.2) is 9.78 Å². The Kier molecular flexibility index (Phi) is 6.79. The van der Waals surface area contributed by atoms with Crippen molar-refractivity contribution in [1.82, 2.24) is 14.0 Å². The summed E-state index contributed by atoms with van der Waals surface area (Å²) >= 11 is 6.00. The van der Waals surface area contributed by atoms with Crippen LogP contribution in [0.25, 0.3) is 17.0 Å². The van der Waals surface area contributed by atoms with Gasteiger partial charge in [-0.3, -0.25) is 13.8 Å². The van der Waals surface area contributed by atoms with Gasteiger partial charge in [-0.1, -0.05) is 55.6 Å². The number of ether oxygens (including phenoxy) is 1. The third-order valence-electron chi connectivity index (χ3n) is 5.39. The fraction of sp³-hybridized carbons (Fsp3) is 0.240.